The molecule has 0 amide bonds. The Morgan fingerprint density at radius 3 is 1.44 bits per heavy atom. The third-order valence-corrected chi connectivity index (χ3v) is 2.27. The van der Waals surface area contributed by atoms with Crippen LogP contribution in [0.5, 0.6) is 0 Å². The molecule has 0 aromatic carbocycles. The molecule has 0 aliphatic heterocycles. The van der Waals surface area contributed by atoms with Crippen molar-refractivity contribution in [2.45, 2.75) is 46.5 Å². The van der Waals surface area contributed by atoms with Gasteiger partial charge in [0.2, 0.25) is 0 Å². The summed E-state index contributed by atoms with van der Waals surface area (Å²) in [6.07, 6.45) is 5.48. The van der Waals surface area contributed by atoms with Crippen LogP contribution in [0.2, 0.25) is 0 Å². The molecule has 0 saturated carbocycles. The van der Waals surface area contributed by atoms with Gasteiger partial charge in [0.1, 0.15) is 0 Å². The highest BCUT2D eigenvalue weighted by Gasteiger charge is 2.02. The number of hydrogen-bond donors (Lipinski definition) is 1. The van der Waals surface area contributed by atoms with E-state index in [1.807, 2.05) is 0 Å². The predicted octanol–water partition coefficient (Wildman–Crippen LogP) is -1.33. The number of hydrogen-bond acceptors (Lipinski definition) is 4. The van der Waals surface area contributed by atoms with Crippen LogP contribution in [-0.4, -0.2) is 19.6 Å². The van der Waals surface area contributed by atoms with Gasteiger partial charge in [-0.05, 0) is 19.8 Å². The molecule has 0 rings (SSSR count). The normalized spacial score (nSPS) is 11.2. The van der Waals surface area contributed by atoms with Crippen LogP contribution in [0.25, 0.3) is 0 Å². The molecule has 0 radical (unpaired) electrons. The number of rotatable bonds is 7. The lowest BCUT2D eigenvalue weighted by Crippen LogP contribution is -3.11. The molecule has 0 aliphatic rings. The van der Waals surface area contributed by atoms with E-state index >= 15 is 0 Å². The molecule has 0 unspecified atom stereocenters. The summed E-state index contributed by atoms with van der Waals surface area (Å²) >= 11 is 0. The molecule has 0 saturated heterocycles. The van der Waals surface area contributed by atoms with Crippen LogP contribution in [0.1, 0.15) is 46.5 Å². The maximum atomic E-state index is 8.55. The van der Waals surface area contributed by atoms with E-state index in [2.05, 4.69) is 20.8 Å². The topological polar surface area (TPSA) is 90.7 Å². The second-order valence-corrected chi connectivity index (χ2v) is 4.65. The summed E-state index contributed by atoms with van der Waals surface area (Å²) in [7, 11) is -5.39. The Morgan fingerprint density at radius 2 is 1.25 bits per heavy atom. The molecule has 0 aromatic heterocycles. The minimum absolute atomic E-state index is 1.31. The molecule has 0 heterocycles. The number of nitrogens with one attached hydrogen (secondary N) is 1. The van der Waals surface area contributed by atoms with Crippen molar-refractivity contribution >= 4 is 7.82 Å². The van der Waals surface area contributed by atoms with Crippen molar-refractivity contribution in [3.8, 4) is 0 Å². The Kier molecular flexibility index (Phi) is 13.3. The largest absolute Gasteiger partial charge is 0.822 e. The van der Waals surface area contributed by atoms with Gasteiger partial charge in [0, 0.05) is 0 Å². The van der Waals surface area contributed by atoms with E-state index in [9.17, 15) is 0 Å². The average molecular weight is 253 g/mol. The summed E-state index contributed by atoms with van der Waals surface area (Å²) < 4.78 is 8.55. The van der Waals surface area contributed by atoms with Crippen molar-refractivity contribution in [2.75, 3.05) is 19.6 Å². The minimum Gasteiger partial charge on any atom is -0.822 e. The first-order valence-electron chi connectivity index (χ1n) is 5.91. The molecular formula is C10H24NO4P-2. The standard InChI is InChI=1S/C10H23N.H3O4P/c1-4-7-9-11(6-3)10-8-5-2;1-5(2,3)4/h4-10H2,1-3H3;(H3,1,2,3,4)/p-2. The second kappa shape index (κ2) is 11.6. The van der Waals surface area contributed by atoms with Gasteiger partial charge in [-0.3, -0.25) is 0 Å². The molecule has 0 bridgehead atoms. The van der Waals surface area contributed by atoms with Crippen LogP contribution in [0.15, 0.2) is 0 Å². The van der Waals surface area contributed by atoms with E-state index in [4.69, 9.17) is 19.2 Å². The van der Waals surface area contributed by atoms with Crippen LogP contribution in [0.4, 0.5) is 0 Å². The first-order chi connectivity index (χ1) is 7.35. The maximum Gasteiger partial charge on any atom is 0.0770 e. The van der Waals surface area contributed by atoms with E-state index < -0.39 is 7.82 Å². The monoisotopic (exact) mass is 253 g/mol. The van der Waals surface area contributed by atoms with Crippen LogP contribution in [0, 0.1) is 0 Å². The Labute approximate surface area is 98.7 Å². The molecule has 6 heteroatoms. The van der Waals surface area contributed by atoms with Gasteiger partial charge in [-0.1, -0.05) is 26.7 Å². The van der Waals surface area contributed by atoms with Crippen molar-refractivity contribution in [2.24, 2.45) is 0 Å². The molecule has 5 nitrogen and oxygen atoms in total. The molecular weight excluding hydrogens is 229 g/mol. The lowest BCUT2D eigenvalue weighted by molar-refractivity contribution is -0.898. The van der Waals surface area contributed by atoms with Crippen LogP contribution in [-0.2, 0) is 4.57 Å². The van der Waals surface area contributed by atoms with Crippen molar-refractivity contribution < 1.29 is 24.1 Å². The molecule has 0 aliphatic carbocycles. The highest BCUT2D eigenvalue weighted by atomic mass is 31.2. The van der Waals surface area contributed by atoms with Crippen molar-refractivity contribution in [3.63, 3.8) is 0 Å². The third-order valence-electron chi connectivity index (χ3n) is 2.27. The van der Waals surface area contributed by atoms with Gasteiger partial charge >= 0.3 is 0 Å². The number of quaternary nitrogens is 1. The van der Waals surface area contributed by atoms with Crippen LogP contribution >= 0.6 is 7.82 Å². The van der Waals surface area contributed by atoms with Gasteiger partial charge in [-0.25, -0.2) is 0 Å². The van der Waals surface area contributed by atoms with Crippen molar-refractivity contribution in [1.29, 1.82) is 0 Å². The first kappa shape index (κ1) is 18.4. The lowest BCUT2D eigenvalue weighted by atomic mass is 10.2. The van der Waals surface area contributed by atoms with E-state index in [0.29, 0.717) is 0 Å². The van der Waals surface area contributed by atoms with Gasteiger partial charge in [0.15, 0.2) is 0 Å². The summed E-state index contributed by atoms with van der Waals surface area (Å²) in [6.45, 7) is 10.9. The van der Waals surface area contributed by atoms with E-state index in [0.717, 1.165) is 0 Å². The van der Waals surface area contributed by atoms with Gasteiger partial charge < -0.3 is 24.1 Å². The first-order valence-corrected chi connectivity index (χ1v) is 7.37. The number of phosphoric acid groups is 1. The molecule has 0 aromatic rings. The van der Waals surface area contributed by atoms with Crippen LogP contribution < -0.4 is 19.6 Å². The number of unbranched alkanes of at least 4 members (excludes halogenated alkanes) is 2. The zero-order chi connectivity index (χ0) is 13.0. The molecule has 1 N–H and O–H groups in total. The highest BCUT2D eigenvalue weighted by molar-refractivity contribution is 7.40. The van der Waals surface area contributed by atoms with Crippen molar-refractivity contribution in [1.82, 2.24) is 0 Å². The van der Waals surface area contributed by atoms with Gasteiger partial charge in [-0.2, -0.15) is 7.82 Å². The zero-order valence-corrected chi connectivity index (χ0v) is 11.4. The second-order valence-electron chi connectivity index (χ2n) is 3.76. The fraction of sp³-hybridized carbons (Fsp3) is 1.00. The summed E-state index contributed by atoms with van der Waals surface area (Å²) in [4.78, 5) is 27.4. The van der Waals surface area contributed by atoms with Gasteiger partial charge in [-0.15, -0.1) is 0 Å². The SMILES string of the molecule is CCCC[NH+](CC)CCCC.O=P([O-])([O-])[O-]. The molecule has 0 atom stereocenters. The van der Waals surface area contributed by atoms with E-state index in [1.165, 1.54) is 45.3 Å². The average Bonchev–Trinajstić information content (AvgIpc) is 2.16. The van der Waals surface area contributed by atoms with Gasteiger partial charge in [0.05, 0.1) is 19.6 Å². The summed E-state index contributed by atoms with van der Waals surface area (Å²) in [5.41, 5.74) is 0. The summed E-state index contributed by atoms with van der Waals surface area (Å²) in [5.74, 6) is 0. The highest BCUT2D eigenvalue weighted by Crippen LogP contribution is 2.03. The van der Waals surface area contributed by atoms with E-state index in [-0.39, 0.29) is 0 Å². The Hall–Kier alpha value is 0.0700. The maximum absolute atomic E-state index is 8.55. The Morgan fingerprint density at radius 1 is 0.938 bits per heavy atom. The lowest BCUT2D eigenvalue weighted by Gasteiger charge is -2.36. The third kappa shape index (κ3) is 23.7. The fourth-order valence-electron chi connectivity index (χ4n) is 1.33. The molecule has 16 heavy (non-hydrogen) atoms. The summed E-state index contributed by atoms with van der Waals surface area (Å²) in [5, 5.41) is 0. The fourth-order valence-corrected chi connectivity index (χ4v) is 1.33. The molecule has 100 valence electrons. The van der Waals surface area contributed by atoms with E-state index in [1.54, 1.807) is 4.90 Å². The molecule has 0 fully saturated rings. The predicted molar refractivity (Wildman–Crippen MR) is 58.7 cm³/mol. The molecule has 0 spiro atoms. The minimum atomic E-state index is -5.39. The summed E-state index contributed by atoms with van der Waals surface area (Å²) in [6, 6.07) is 0. The van der Waals surface area contributed by atoms with Crippen molar-refractivity contribution in [3.05, 3.63) is 0 Å². The zero-order valence-electron chi connectivity index (χ0n) is 10.5. The Balaban J connectivity index is 0. The Bertz CT molecular complexity index is 167. The van der Waals surface area contributed by atoms with Crippen LogP contribution in [0.3, 0.4) is 0 Å². The quantitative estimate of drug-likeness (QED) is 0.569. The smallest absolute Gasteiger partial charge is 0.0770 e. The van der Waals surface area contributed by atoms with Gasteiger partial charge in [0.25, 0.3) is 0 Å².